The van der Waals surface area contributed by atoms with Gasteiger partial charge < -0.3 is 20.8 Å². The molecular formula is C16H14N4O3S. The van der Waals surface area contributed by atoms with E-state index in [4.69, 9.17) is 10.5 Å². The number of carbonyl (C=O) groups is 2. The molecule has 2 aromatic heterocycles. The Hall–Kier alpha value is -2.71. The average Bonchev–Trinajstić information content (AvgIpc) is 3.17. The molecule has 0 saturated heterocycles. The number of hydrogen-bond donors (Lipinski definition) is 3. The Morgan fingerprint density at radius 3 is 3.08 bits per heavy atom. The maximum atomic E-state index is 12.5. The number of carbonyl (C=O) groups excluding carboxylic acids is 2. The van der Waals surface area contributed by atoms with Crippen LogP contribution in [0.25, 0.3) is 11.0 Å². The van der Waals surface area contributed by atoms with Crippen LogP contribution in [-0.4, -0.2) is 28.4 Å². The molecule has 0 fully saturated rings. The van der Waals surface area contributed by atoms with Crippen LogP contribution in [-0.2, 0) is 17.8 Å². The molecule has 1 aliphatic rings. The predicted octanol–water partition coefficient (Wildman–Crippen LogP) is 2.05. The Balaban J connectivity index is 1.68. The van der Waals surface area contributed by atoms with Crippen molar-refractivity contribution in [3.63, 3.8) is 0 Å². The molecule has 0 saturated carbocycles. The first-order chi connectivity index (χ1) is 11.6. The molecule has 0 spiro atoms. The fourth-order valence-corrected chi connectivity index (χ4v) is 4.02. The number of fused-ring (bicyclic) bond motifs is 2. The van der Waals surface area contributed by atoms with Gasteiger partial charge in [0, 0.05) is 10.4 Å². The van der Waals surface area contributed by atoms with Gasteiger partial charge in [-0.1, -0.05) is 0 Å². The van der Waals surface area contributed by atoms with Gasteiger partial charge in [-0.3, -0.25) is 9.59 Å². The molecule has 0 bridgehead atoms. The van der Waals surface area contributed by atoms with Crippen molar-refractivity contribution in [2.75, 3.05) is 11.9 Å². The fraction of sp³-hybridized carbons (Fsp3) is 0.188. The van der Waals surface area contributed by atoms with Crippen LogP contribution in [0.2, 0.25) is 0 Å². The summed E-state index contributed by atoms with van der Waals surface area (Å²) in [5, 5.41) is 3.29. The van der Waals surface area contributed by atoms with E-state index in [1.807, 2.05) is 0 Å². The first-order valence-electron chi connectivity index (χ1n) is 7.40. The highest BCUT2D eigenvalue weighted by Crippen LogP contribution is 2.36. The number of rotatable bonds is 3. The molecule has 2 amide bonds. The maximum Gasteiger partial charge on any atom is 0.256 e. The van der Waals surface area contributed by atoms with Crippen molar-refractivity contribution >= 4 is 39.2 Å². The molecule has 1 aliphatic heterocycles. The second-order valence-electron chi connectivity index (χ2n) is 5.46. The molecule has 24 heavy (non-hydrogen) atoms. The van der Waals surface area contributed by atoms with Crippen LogP contribution in [0.15, 0.2) is 24.5 Å². The number of ether oxygens (including phenoxy) is 1. The summed E-state index contributed by atoms with van der Waals surface area (Å²) in [6.07, 6.45) is 2.20. The molecule has 0 radical (unpaired) electrons. The van der Waals surface area contributed by atoms with Crippen LogP contribution >= 0.6 is 11.3 Å². The van der Waals surface area contributed by atoms with Crippen LogP contribution in [0.1, 0.15) is 31.2 Å². The number of hydrogen-bond acceptors (Lipinski definition) is 5. The lowest BCUT2D eigenvalue weighted by Crippen LogP contribution is -2.19. The Kier molecular flexibility index (Phi) is 3.55. The number of nitrogens with two attached hydrogens (primary N) is 1. The van der Waals surface area contributed by atoms with Crippen LogP contribution < -0.4 is 11.1 Å². The second kappa shape index (κ2) is 5.73. The summed E-state index contributed by atoms with van der Waals surface area (Å²) in [5.74, 6) is -0.831. The van der Waals surface area contributed by atoms with E-state index in [0.29, 0.717) is 35.8 Å². The number of primary amides is 1. The summed E-state index contributed by atoms with van der Waals surface area (Å²) in [7, 11) is 0. The van der Waals surface area contributed by atoms with E-state index >= 15 is 0 Å². The van der Waals surface area contributed by atoms with Gasteiger partial charge in [0.05, 0.1) is 36.1 Å². The van der Waals surface area contributed by atoms with Crippen molar-refractivity contribution < 1.29 is 14.3 Å². The molecular weight excluding hydrogens is 328 g/mol. The van der Waals surface area contributed by atoms with Gasteiger partial charge in [-0.15, -0.1) is 11.3 Å². The number of amides is 2. The summed E-state index contributed by atoms with van der Waals surface area (Å²) in [6, 6.07) is 5.18. The summed E-state index contributed by atoms with van der Waals surface area (Å²) in [5.41, 5.74) is 8.84. The second-order valence-corrected chi connectivity index (χ2v) is 6.57. The lowest BCUT2D eigenvalue weighted by atomic mass is 10.1. The van der Waals surface area contributed by atoms with Crippen molar-refractivity contribution in [2.45, 2.75) is 13.0 Å². The Morgan fingerprint density at radius 1 is 1.38 bits per heavy atom. The molecule has 8 heteroatoms. The van der Waals surface area contributed by atoms with Gasteiger partial charge in [-0.25, -0.2) is 4.98 Å². The Morgan fingerprint density at radius 2 is 2.25 bits per heavy atom. The molecule has 0 aliphatic carbocycles. The van der Waals surface area contributed by atoms with Crippen LogP contribution in [0.5, 0.6) is 0 Å². The number of H-pyrrole nitrogens is 1. The van der Waals surface area contributed by atoms with Crippen molar-refractivity contribution in [3.8, 4) is 0 Å². The number of benzene rings is 1. The van der Waals surface area contributed by atoms with E-state index in [1.54, 1.807) is 24.5 Å². The van der Waals surface area contributed by atoms with E-state index in [-0.39, 0.29) is 5.91 Å². The minimum atomic E-state index is -0.534. The fourth-order valence-electron chi connectivity index (χ4n) is 2.83. The lowest BCUT2D eigenvalue weighted by molar-refractivity contribution is 0.0991. The van der Waals surface area contributed by atoms with E-state index in [9.17, 15) is 9.59 Å². The zero-order valence-electron chi connectivity index (χ0n) is 12.6. The Labute approximate surface area is 140 Å². The maximum absolute atomic E-state index is 12.5. The highest BCUT2D eigenvalue weighted by atomic mass is 32.1. The topological polar surface area (TPSA) is 110 Å². The number of imidazole rings is 1. The minimum Gasteiger partial charge on any atom is -0.376 e. The lowest BCUT2D eigenvalue weighted by Gasteiger charge is -2.12. The number of nitrogens with zero attached hydrogens (tertiary/aromatic N) is 1. The third-order valence-corrected chi connectivity index (χ3v) is 5.10. The van der Waals surface area contributed by atoms with Gasteiger partial charge in [-0.05, 0) is 30.2 Å². The molecule has 0 atom stereocenters. The molecule has 4 N–H and O–H groups in total. The minimum absolute atomic E-state index is 0.298. The third kappa shape index (κ3) is 2.45. The van der Waals surface area contributed by atoms with E-state index in [2.05, 4.69) is 15.3 Å². The number of anilines is 1. The summed E-state index contributed by atoms with van der Waals surface area (Å²) >= 11 is 1.34. The molecule has 122 valence electrons. The van der Waals surface area contributed by atoms with Crippen molar-refractivity contribution in [2.24, 2.45) is 5.73 Å². The molecule has 1 aromatic carbocycles. The SMILES string of the molecule is NC(=O)c1c(NC(=O)c2ccc3nc[nH]c3c2)sc2c1CCOC2. The number of thiophene rings is 1. The summed E-state index contributed by atoms with van der Waals surface area (Å²) in [6.45, 7) is 0.990. The molecule has 3 aromatic rings. The summed E-state index contributed by atoms with van der Waals surface area (Å²) < 4.78 is 5.41. The average molecular weight is 342 g/mol. The zero-order chi connectivity index (χ0) is 16.7. The summed E-state index contributed by atoms with van der Waals surface area (Å²) in [4.78, 5) is 32.4. The van der Waals surface area contributed by atoms with Crippen LogP contribution in [0.4, 0.5) is 5.00 Å². The zero-order valence-corrected chi connectivity index (χ0v) is 13.4. The first kappa shape index (κ1) is 14.9. The highest BCUT2D eigenvalue weighted by molar-refractivity contribution is 7.17. The predicted molar refractivity (Wildman–Crippen MR) is 90.2 cm³/mol. The molecule has 4 rings (SSSR count). The number of aromatic nitrogens is 2. The van der Waals surface area contributed by atoms with Gasteiger partial charge in [0.25, 0.3) is 11.8 Å². The van der Waals surface area contributed by atoms with Crippen molar-refractivity contribution in [1.29, 1.82) is 0 Å². The van der Waals surface area contributed by atoms with E-state index in [1.165, 1.54) is 11.3 Å². The number of nitrogens with one attached hydrogen (secondary N) is 2. The Bertz CT molecular complexity index is 960. The smallest absolute Gasteiger partial charge is 0.256 e. The first-order valence-corrected chi connectivity index (χ1v) is 8.21. The van der Waals surface area contributed by atoms with Gasteiger partial charge in [0.2, 0.25) is 0 Å². The normalized spacial score (nSPS) is 13.7. The monoisotopic (exact) mass is 342 g/mol. The van der Waals surface area contributed by atoms with Crippen LogP contribution in [0, 0.1) is 0 Å². The standard InChI is InChI=1S/C16H14N4O3S/c17-14(21)13-9-3-4-23-6-12(9)24-16(13)20-15(22)8-1-2-10-11(5-8)19-7-18-10/h1-2,5,7H,3-4,6H2,(H2,17,21)(H,18,19)(H,20,22). The van der Waals surface area contributed by atoms with Gasteiger partial charge in [0.1, 0.15) is 5.00 Å². The molecule has 3 heterocycles. The van der Waals surface area contributed by atoms with E-state index < -0.39 is 5.91 Å². The largest absolute Gasteiger partial charge is 0.376 e. The molecule has 0 unspecified atom stereocenters. The van der Waals surface area contributed by atoms with Gasteiger partial charge in [0.15, 0.2) is 0 Å². The highest BCUT2D eigenvalue weighted by Gasteiger charge is 2.25. The van der Waals surface area contributed by atoms with Crippen molar-refractivity contribution in [1.82, 2.24) is 9.97 Å². The third-order valence-electron chi connectivity index (χ3n) is 3.98. The van der Waals surface area contributed by atoms with Crippen molar-refractivity contribution in [3.05, 3.63) is 46.1 Å². The van der Waals surface area contributed by atoms with E-state index in [0.717, 1.165) is 21.5 Å². The quantitative estimate of drug-likeness (QED) is 0.676. The van der Waals surface area contributed by atoms with Gasteiger partial charge >= 0.3 is 0 Å². The molecule has 7 nitrogen and oxygen atoms in total. The van der Waals surface area contributed by atoms with Gasteiger partial charge in [-0.2, -0.15) is 0 Å². The van der Waals surface area contributed by atoms with Crippen LogP contribution in [0.3, 0.4) is 0 Å². The number of aromatic amines is 1.